The zero-order chi connectivity index (χ0) is 14.7. The summed E-state index contributed by atoms with van der Waals surface area (Å²) in [6.07, 6.45) is 1.23. The smallest absolute Gasteiger partial charge is 0.274 e. The van der Waals surface area contributed by atoms with Crippen molar-refractivity contribution >= 4 is 27.5 Å². The second-order valence-corrected chi connectivity index (χ2v) is 5.43. The van der Waals surface area contributed by atoms with Crippen molar-refractivity contribution in [1.29, 1.82) is 0 Å². The second kappa shape index (κ2) is 6.34. The first kappa shape index (κ1) is 14.2. The first-order valence-corrected chi connectivity index (χ1v) is 7.28. The molecule has 0 atom stereocenters. The zero-order valence-corrected chi connectivity index (χ0v) is 12.7. The molecule has 21 heavy (non-hydrogen) atoms. The molecule has 1 N–H and O–H groups in total. The van der Waals surface area contributed by atoms with Crippen molar-refractivity contribution < 1.29 is 14.3 Å². The summed E-state index contributed by atoms with van der Waals surface area (Å²) in [5.41, 5.74) is 1.92. The Morgan fingerprint density at radius 2 is 2.05 bits per heavy atom. The molecule has 0 saturated carbocycles. The Morgan fingerprint density at radius 3 is 2.76 bits per heavy atom. The van der Waals surface area contributed by atoms with Crippen LogP contribution in [0.1, 0.15) is 22.3 Å². The topological polar surface area (TPSA) is 60.5 Å². The number of aromatic nitrogens is 1. The summed E-state index contributed by atoms with van der Waals surface area (Å²) in [4.78, 5) is 16.2. The minimum atomic E-state index is -0.354. The van der Waals surface area contributed by atoms with E-state index < -0.39 is 0 Å². The van der Waals surface area contributed by atoms with Crippen LogP contribution in [0.2, 0.25) is 0 Å². The lowest BCUT2D eigenvalue weighted by atomic mass is 10.2. The van der Waals surface area contributed by atoms with E-state index in [0.29, 0.717) is 24.6 Å². The molecule has 0 spiro atoms. The molecule has 1 saturated heterocycles. The summed E-state index contributed by atoms with van der Waals surface area (Å²) in [5.74, 6) is -0.257. The molecule has 2 heterocycles. The van der Waals surface area contributed by atoms with Crippen molar-refractivity contribution in [3.63, 3.8) is 0 Å². The van der Waals surface area contributed by atoms with Gasteiger partial charge in [0.25, 0.3) is 5.91 Å². The van der Waals surface area contributed by atoms with Gasteiger partial charge in [-0.2, -0.15) is 0 Å². The van der Waals surface area contributed by atoms with E-state index in [1.165, 1.54) is 0 Å². The van der Waals surface area contributed by atoms with Crippen molar-refractivity contribution in [3.05, 3.63) is 58.3 Å². The normalized spacial score (nSPS) is 15.1. The maximum absolute atomic E-state index is 12.1. The zero-order valence-electron chi connectivity index (χ0n) is 11.1. The number of hydrogen-bond donors (Lipinski definition) is 1. The lowest BCUT2D eigenvalue weighted by Crippen LogP contribution is -2.13. The fourth-order valence-electron chi connectivity index (χ4n) is 2.02. The van der Waals surface area contributed by atoms with Gasteiger partial charge >= 0.3 is 0 Å². The summed E-state index contributed by atoms with van der Waals surface area (Å²) in [5, 5.41) is 2.81. The number of carbonyl (C=O) groups is 1. The van der Waals surface area contributed by atoms with Crippen molar-refractivity contribution in [1.82, 2.24) is 4.98 Å². The first-order valence-electron chi connectivity index (χ1n) is 6.48. The average molecular weight is 349 g/mol. The van der Waals surface area contributed by atoms with E-state index in [4.69, 9.17) is 9.47 Å². The van der Waals surface area contributed by atoms with E-state index in [0.717, 1.165) is 10.0 Å². The van der Waals surface area contributed by atoms with E-state index in [2.05, 4.69) is 26.2 Å². The molecule has 1 aromatic carbocycles. The second-order valence-electron chi connectivity index (χ2n) is 4.51. The number of nitrogens with zero attached hydrogens (tertiary/aromatic N) is 1. The lowest BCUT2D eigenvalue weighted by Gasteiger charge is -2.11. The molecule has 1 aliphatic heterocycles. The van der Waals surface area contributed by atoms with Gasteiger partial charge in [0.2, 0.25) is 0 Å². The molecule has 0 bridgehead atoms. The number of benzene rings is 1. The summed E-state index contributed by atoms with van der Waals surface area (Å²) in [6, 6.07) is 10.8. The third-order valence-corrected chi connectivity index (χ3v) is 3.47. The average Bonchev–Trinajstić information content (AvgIpc) is 3.02. The van der Waals surface area contributed by atoms with Gasteiger partial charge in [0.05, 0.1) is 13.2 Å². The fraction of sp³-hybridized carbons (Fsp3) is 0.200. The number of hydrogen-bond acceptors (Lipinski definition) is 4. The predicted molar refractivity (Wildman–Crippen MR) is 81.0 cm³/mol. The highest BCUT2D eigenvalue weighted by molar-refractivity contribution is 9.10. The van der Waals surface area contributed by atoms with Crippen LogP contribution >= 0.6 is 15.9 Å². The summed E-state index contributed by atoms with van der Waals surface area (Å²) in [6.45, 7) is 1.17. The molecule has 0 aliphatic carbocycles. The van der Waals surface area contributed by atoms with Gasteiger partial charge in [0, 0.05) is 21.9 Å². The number of amides is 1. The molecule has 1 amide bonds. The Morgan fingerprint density at radius 1 is 1.24 bits per heavy atom. The number of halogens is 1. The van der Waals surface area contributed by atoms with Crippen molar-refractivity contribution in [2.75, 3.05) is 18.5 Å². The van der Waals surface area contributed by atoms with E-state index in [1.54, 1.807) is 18.3 Å². The van der Waals surface area contributed by atoms with E-state index in [9.17, 15) is 4.79 Å². The van der Waals surface area contributed by atoms with Crippen LogP contribution in [0.25, 0.3) is 0 Å². The van der Waals surface area contributed by atoms with Gasteiger partial charge in [-0.1, -0.05) is 12.1 Å². The van der Waals surface area contributed by atoms with Gasteiger partial charge in [-0.05, 0) is 40.2 Å². The van der Waals surface area contributed by atoms with Gasteiger partial charge < -0.3 is 14.8 Å². The third-order valence-electron chi connectivity index (χ3n) is 3.00. The molecular formula is C15H13BrN2O3. The molecule has 1 fully saturated rings. The SMILES string of the molecule is O=C(Nc1cccc(C2OCCO2)c1)c1ccc(Br)cn1. The highest BCUT2D eigenvalue weighted by Gasteiger charge is 2.18. The van der Waals surface area contributed by atoms with Crippen molar-refractivity contribution in [2.24, 2.45) is 0 Å². The number of anilines is 1. The standard InChI is InChI=1S/C15H13BrN2O3/c16-11-4-5-13(17-9-11)14(19)18-12-3-1-2-10(8-12)15-20-6-7-21-15/h1-5,8-9,15H,6-7H2,(H,18,19). The number of carbonyl (C=O) groups excluding carboxylic acids is 1. The number of ether oxygens (including phenoxy) is 2. The minimum Gasteiger partial charge on any atom is -0.346 e. The molecule has 5 nitrogen and oxygen atoms in total. The Labute approximate surface area is 130 Å². The van der Waals surface area contributed by atoms with Crippen LogP contribution in [0.4, 0.5) is 5.69 Å². The summed E-state index contributed by atoms with van der Waals surface area (Å²) >= 11 is 3.29. The monoisotopic (exact) mass is 348 g/mol. The van der Waals surface area contributed by atoms with Gasteiger partial charge in [0.15, 0.2) is 6.29 Å². The minimum absolute atomic E-state index is 0.257. The summed E-state index contributed by atoms with van der Waals surface area (Å²) in [7, 11) is 0. The number of rotatable bonds is 3. The van der Waals surface area contributed by atoms with Crippen LogP contribution in [0, 0.1) is 0 Å². The molecule has 2 aromatic rings. The Bertz CT molecular complexity index is 640. The van der Waals surface area contributed by atoms with Crippen LogP contribution in [-0.4, -0.2) is 24.1 Å². The fourth-order valence-corrected chi connectivity index (χ4v) is 2.25. The Balaban J connectivity index is 1.73. The van der Waals surface area contributed by atoms with E-state index in [-0.39, 0.29) is 12.2 Å². The van der Waals surface area contributed by atoms with Gasteiger partial charge in [-0.3, -0.25) is 4.79 Å². The molecule has 1 aliphatic rings. The molecule has 1 aromatic heterocycles. The van der Waals surface area contributed by atoms with E-state index >= 15 is 0 Å². The Kier molecular flexibility index (Phi) is 4.28. The lowest BCUT2D eigenvalue weighted by molar-refractivity contribution is -0.0440. The predicted octanol–water partition coefficient (Wildman–Crippen LogP) is 3.14. The van der Waals surface area contributed by atoms with Crippen LogP contribution in [-0.2, 0) is 9.47 Å². The van der Waals surface area contributed by atoms with Gasteiger partial charge in [-0.15, -0.1) is 0 Å². The molecule has 108 valence electrons. The number of nitrogens with one attached hydrogen (secondary N) is 1. The maximum Gasteiger partial charge on any atom is 0.274 e. The highest BCUT2D eigenvalue weighted by atomic mass is 79.9. The number of pyridine rings is 1. The van der Waals surface area contributed by atoms with Gasteiger partial charge in [0.1, 0.15) is 5.69 Å². The maximum atomic E-state index is 12.1. The van der Waals surface area contributed by atoms with Crippen LogP contribution in [0.3, 0.4) is 0 Å². The highest BCUT2D eigenvalue weighted by Crippen LogP contribution is 2.25. The van der Waals surface area contributed by atoms with Crippen LogP contribution in [0.15, 0.2) is 47.1 Å². The Hall–Kier alpha value is -1.76. The largest absolute Gasteiger partial charge is 0.346 e. The van der Waals surface area contributed by atoms with Gasteiger partial charge in [-0.25, -0.2) is 4.98 Å². The summed E-state index contributed by atoms with van der Waals surface area (Å²) < 4.78 is 11.7. The molecule has 0 radical (unpaired) electrons. The van der Waals surface area contributed by atoms with E-state index in [1.807, 2.05) is 24.3 Å². The molecule has 0 unspecified atom stereocenters. The molecule has 6 heteroatoms. The van der Waals surface area contributed by atoms with Crippen molar-refractivity contribution in [2.45, 2.75) is 6.29 Å². The molecule has 3 rings (SSSR count). The third kappa shape index (κ3) is 3.47. The van der Waals surface area contributed by atoms with Crippen molar-refractivity contribution in [3.8, 4) is 0 Å². The quantitative estimate of drug-likeness (QED) is 0.925. The molecular weight excluding hydrogens is 336 g/mol. The first-order chi connectivity index (χ1) is 10.2. The van der Waals surface area contributed by atoms with Crippen LogP contribution < -0.4 is 5.32 Å². The van der Waals surface area contributed by atoms with Crippen LogP contribution in [0.5, 0.6) is 0 Å².